The topological polar surface area (TPSA) is 103 Å². The minimum atomic E-state index is -0.150. The van der Waals surface area contributed by atoms with E-state index in [4.69, 9.17) is 15.0 Å². The average molecular weight is 364 g/mol. The van der Waals surface area contributed by atoms with E-state index in [1.165, 1.54) is 0 Å². The van der Waals surface area contributed by atoms with Crippen LogP contribution >= 0.6 is 0 Å². The molecule has 4 rings (SSSR count). The molecule has 7 heteroatoms. The minimum Gasteiger partial charge on any atom is -0.384 e. The Morgan fingerprint density at radius 2 is 1.93 bits per heavy atom. The highest BCUT2D eigenvalue weighted by Gasteiger charge is 2.39. The second-order valence-corrected chi connectivity index (χ2v) is 7.02. The Kier molecular flexibility index (Phi) is 4.37. The quantitative estimate of drug-likeness (QED) is 0.721. The number of nitrogens with zero attached hydrogens (tertiary/aromatic N) is 2. The molecule has 1 fully saturated rings. The number of nitrogen functional groups attached to an aromatic ring is 1. The van der Waals surface area contributed by atoms with Gasteiger partial charge in [0.25, 0.3) is 0 Å². The fourth-order valence-corrected chi connectivity index (χ4v) is 2.93. The first kappa shape index (κ1) is 17.2. The normalized spacial score (nSPS) is 15.1. The van der Waals surface area contributed by atoms with Crippen LogP contribution in [0.1, 0.15) is 18.2 Å². The fraction of sp³-hybridized carbons (Fsp3) is 0.250. The Labute approximate surface area is 156 Å². The van der Waals surface area contributed by atoms with Gasteiger partial charge in [-0.2, -0.15) is 0 Å². The lowest BCUT2D eigenvalue weighted by molar-refractivity contribution is -0.115. The number of hydrogen-bond donors (Lipinski definition) is 2. The highest BCUT2D eigenvalue weighted by Crippen LogP contribution is 2.32. The molecule has 0 spiro atoms. The van der Waals surface area contributed by atoms with Gasteiger partial charge in [-0.05, 0) is 30.2 Å². The van der Waals surface area contributed by atoms with Crippen LogP contribution in [0.4, 0.5) is 11.6 Å². The molecule has 2 aromatic heterocycles. The molecule has 0 aliphatic carbocycles. The number of pyridine rings is 1. The first-order valence-electron chi connectivity index (χ1n) is 8.67. The van der Waals surface area contributed by atoms with E-state index in [0.29, 0.717) is 24.8 Å². The molecule has 3 N–H and O–H groups in total. The molecule has 138 valence electrons. The lowest BCUT2D eigenvalue weighted by Gasteiger charge is -2.35. The van der Waals surface area contributed by atoms with Crippen molar-refractivity contribution in [3.63, 3.8) is 0 Å². The van der Waals surface area contributed by atoms with Crippen LogP contribution in [0.25, 0.3) is 11.1 Å². The van der Waals surface area contributed by atoms with Gasteiger partial charge in [0.1, 0.15) is 11.6 Å². The summed E-state index contributed by atoms with van der Waals surface area (Å²) in [5.74, 6) is 1.49. The van der Waals surface area contributed by atoms with Crippen LogP contribution in [-0.4, -0.2) is 29.3 Å². The van der Waals surface area contributed by atoms with Crippen LogP contribution in [0, 0.1) is 0 Å². The number of anilines is 2. The van der Waals surface area contributed by atoms with Crippen LogP contribution in [-0.2, 0) is 21.4 Å². The smallest absolute Gasteiger partial charge is 0.230 e. The van der Waals surface area contributed by atoms with Gasteiger partial charge in [-0.3, -0.25) is 4.79 Å². The Morgan fingerprint density at radius 3 is 2.56 bits per heavy atom. The highest BCUT2D eigenvalue weighted by molar-refractivity contribution is 5.91. The lowest BCUT2D eigenvalue weighted by atomic mass is 9.86. The minimum absolute atomic E-state index is 0.147. The maximum Gasteiger partial charge on any atom is 0.230 e. The molecular weight excluding hydrogens is 344 g/mol. The fourth-order valence-electron chi connectivity index (χ4n) is 2.93. The molecule has 1 aromatic carbocycles. The van der Waals surface area contributed by atoms with Gasteiger partial charge in [-0.25, -0.2) is 4.98 Å². The first-order chi connectivity index (χ1) is 13.0. The number of amides is 1. The molecule has 1 saturated heterocycles. The van der Waals surface area contributed by atoms with Gasteiger partial charge in [0, 0.05) is 17.8 Å². The lowest BCUT2D eigenvalue weighted by Crippen LogP contribution is -2.43. The third kappa shape index (κ3) is 3.68. The molecule has 3 aromatic rings. The predicted molar refractivity (Wildman–Crippen MR) is 101 cm³/mol. The molecule has 0 radical (unpaired) electrons. The summed E-state index contributed by atoms with van der Waals surface area (Å²) >= 11 is 0. The highest BCUT2D eigenvalue weighted by atomic mass is 16.5. The van der Waals surface area contributed by atoms with Crippen molar-refractivity contribution in [3.8, 4) is 11.1 Å². The van der Waals surface area contributed by atoms with Crippen molar-refractivity contribution < 1.29 is 14.1 Å². The van der Waals surface area contributed by atoms with Crippen LogP contribution < -0.4 is 11.1 Å². The van der Waals surface area contributed by atoms with E-state index in [-0.39, 0.29) is 17.7 Å². The first-order valence-corrected chi connectivity index (χ1v) is 8.67. The Hall–Kier alpha value is -3.19. The zero-order valence-corrected chi connectivity index (χ0v) is 14.9. The van der Waals surface area contributed by atoms with Crippen LogP contribution in [0.3, 0.4) is 0 Å². The van der Waals surface area contributed by atoms with Gasteiger partial charge in [0.15, 0.2) is 5.82 Å². The second-order valence-electron chi connectivity index (χ2n) is 7.02. The summed E-state index contributed by atoms with van der Waals surface area (Å²) < 4.78 is 10.6. The van der Waals surface area contributed by atoms with Crippen molar-refractivity contribution >= 4 is 17.5 Å². The molecule has 3 heterocycles. The van der Waals surface area contributed by atoms with Crippen LogP contribution in [0.5, 0.6) is 0 Å². The zero-order valence-electron chi connectivity index (χ0n) is 14.9. The average Bonchev–Trinajstić information content (AvgIpc) is 3.10. The molecule has 0 unspecified atom stereocenters. The summed E-state index contributed by atoms with van der Waals surface area (Å²) in [7, 11) is 0. The number of nitrogens with two attached hydrogens (primary N) is 1. The number of hydrogen-bond acceptors (Lipinski definition) is 6. The van der Waals surface area contributed by atoms with E-state index < -0.39 is 0 Å². The number of carbonyl (C=O) groups excluding carboxylic acids is 1. The zero-order chi connectivity index (χ0) is 18.9. The molecule has 1 aliphatic heterocycles. The van der Waals surface area contributed by atoms with Crippen molar-refractivity contribution in [1.82, 2.24) is 10.1 Å². The van der Waals surface area contributed by atoms with E-state index >= 15 is 0 Å². The molecule has 1 aliphatic rings. The van der Waals surface area contributed by atoms with Crippen molar-refractivity contribution in [3.05, 3.63) is 60.0 Å². The van der Waals surface area contributed by atoms with Crippen molar-refractivity contribution in [2.24, 2.45) is 0 Å². The number of aromatic nitrogens is 2. The number of carbonyl (C=O) groups is 1. The summed E-state index contributed by atoms with van der Waals surface area (Å²) in [5, 5.41) is 6.70. The molecule has 27 heavy (non-hydrogen) atoms. The number of nitrogens with one attached hydrogen (secondary N) is 1. The number of ether oxygens (including phenoxy) is 1. The SMILES string of the molecule is CC1(c2cc(NC(=O)Cc3ccc(-c4ccc(N)nc4)cc3)no2)COC1. The van der Waals surface area contributed by atoms with Crippen molar-refractivity contribution in [2.45, 2.75) is 18.8 Å². The molecule has 0 atom stereocenters. The predicted octanol–water partition coefficient (Wildman–Crippen LogP) is 2.79. The van der Waals surface area contributed by atoms with E-state index in [2.05, 4.69) is 15.5 Å². The Bertz CT molecular complexity index is 944. The number of rotatable bonds is 5. The van der Waals surface area contributed by atoms with E-state index in [1.807, 2.05) is 37.3 Å². The van der Waals surface area contributed by atoms with Crippen molar-refractivity contribution in [2.75, 3.05) is 24.3 Å². The van der Waals surface area contributed by atoms with Gasteiger partial charge >= 0.3 is 0 Å². The molecule has 0 bridgehead atoms. The monoisotopic (exact) mass is 364 g/mol. The number of benzene rings is 1. The van der Waals surface area contributed by atoms with Crippen LogP contribution in [0.2, 0.25) is 0 Å². The Morgan fingerprint density at radius 1 is 1.19 bits per heavy atom. The van der Waals surface area contributed by atoms with Gasteiger partial charge in [-0.1, -0.05) is 29.4 Å². The third-order valence-electron chi connectivity index (χ3n) is 4.65. The maximum absolute atomic E-state index is 12.3. The molecule has 7 nitrogen and oxygen atoms in total. The van der Waals surface area contributed by atoms with Gasteiger partial charge < -0.3 is 20.3 Å². The maximum atomic E-state index is 12.3. The van der Waals surface area contributed by atoms with Gasteiger partial charge in [0.2, 0.25) is 5.91 Å². The van der Waals surface area contributed by atoms with Gasteiger partial charge in [0.05, 0.1) is 25.0 Å². The second kappa shape index (κ2) is 6.85. The summed E-state index contributed by atoms with van der Waals surface area (Å²) in [4.78, 5) is 16.4. The summed E-state index contributed by atoms with van der Waals surface area (Å²) in [5.41, 5.74) is 8.36. The van der Waals surface area contributed by atoms with E-state index in [1.54, 1.807) is 18.3 Å². The summed E-state index contributed by atoms with van der Waals surface area (Å²) in [6.07, 6.45) is 1.98. The Balaban J connectivity index is 1.37. The summed E-state index contributed by atoms with van der Waals surface area (Å²) in [6, 6.07) is 13.2. The standard InChI is InChI=1S/C20H20N4O3/c1-20(11-26-12-20)16-9-18(24-27-16)23-19(25)8-13-2-4-14(5-3-13)15-6-7-17(21)22-10-15/h2-7,9-10H,8,11-12H2,1H3,(H2,21,22)(H,23,24,25). The van der Waals surface area contributed by atoms with E-state index in [0.717, 1.165) is 22.5 Å². The third-order valence-corrected chi connectivity index (χ3v) is 4.65. The molecular formula is C20H20N4O3. The molecule has 0 saturated carbocycles. The molecule has 1 amide bonds. The van der Waals surface area contributed by atoms with Crippen molar-refractivity contribution in [1.29, 1.82) is 0 Å². The largest absolute Gasteiger partial charge is 0.384 e. The van der Waals surface area contributed by atoms with Gasteiger partial charge in [-0.15, -0.1) is 0 Å². The van der Waals surface area contributed by atoms with E-state index in [9.17, 15) is 4.79 Å². The summed E-state index contributed by atoms with van der Waals surface area (Å²) in [6.45, 7) is 3.25. The van der Waals surface area contributed by atoms with Crippen LogP contribution in [0.15, 0.2) is 53.2 Å².